The van der Waals surface area contributed by atoms with Gasteiger partial charge in [0.25, 0.3) is 0 Å². The van der Waals surface area contributed by atoms with Crippen molar-refractivity contribution in [1.82, 2.24) is 0 Å². The molecule has 0 saturated heterocycles. The lowest BCUT2D eigenvalue weighted by atomic mass is 9.45. The van der Waals surface area contributed by atoms with Gasteiger partial charge in [-0.05, 0) is 80.5 Å². The molecule has 4 aliphatic carbocycles. The van der Waals surface area contributed by atoms with Gasteiger partial charge in [0.1, 0.15) is 12.6 Å². The Labute approximate surface area is 146 Å². The molecule has 0 radical (unpaired) electrons. The number of fused-ring (bicyclic) bond motifs is 5. The molecular formula is C21H34O3. The van der Waals surface area contributed by atoms with Gasteiger partial charge in [0.15, 0.2) is 0 Å². The largest absolute Gasteiger partial charge is 0.359 e. The summed E-state index contributed by atoms with van der Waals surface area (Å²) in [4.78, 5) is 12.5. The van der Waals surface area contributed by atoms with Gasteiger partial charge in [-0.15, -0.1) is 0 Å². The molecule has 136 valence electrons. The minimum absolute atomic E-state index is 0.0170. The third kappa shape index (κ3) is 2.41. The standard InChI is InChI=1S/C21H34O3/c1-20-10-8-15(24-13-23-3)12-14(20)4-5-16-17-6-7-19(22)21(17,2)11-9-18(16)20/h14-18H,4-13H2,1-3H3/t14?,15-,16+,17+,18+,20+,21+/m1/s1. The van der Waals surface area contributed by atoms with Gasteiger partial charge in [-0.3, -0.25) is 4.79 Å². The minimum atomic E-state index is 0.0170. The number of ketones is 1. The van der Waals surface area contributed by atoms with E-state index in [1.54, 1.807) is 7.11 Å². The van der Waals surface area contributed by atoms with E-state index in [0.717, 1.165) is 37.0 Å². The summed E-state index contributed by atoms with van der Waals surface area (Å²) in [6.45, 7) is 5.29. The molecule has 3 nitrogen and oxygen atoms in total. The highest BCUT2D eigenvalue weighted by molar-refractivity contribution is 5.87. The summed E-state index contributed by atoms with van der Waals surface area (Å²) in [6, 6.07) is 0. The molecule has 4 aliphatic rings. The van der Waals surface area contributed by atoms with Crippen LogP contribution in [0, 0.1) is 34.5 Å². The number of carbonyl (C=O) groups is 1. The van der Waals surface area contributed by atoms with Crippen molar-refractivity contribution in [2.24, 2.45) is 34.5 Å². The SMILES string of the molecule is COCO[C@@H]1CC[C@@]2(C)C(CC[C@@H]3[C@@H]2CC[C@]2(C)C(=O)CC[C@@H]32)C1. The summed E-state index contributed by atoms with van der Waals surface area (Å²) >= 11 is 0. The Kier molecular flexibility index (Phi) is 4.32. The fourth-order valence-corrected chi connectivity index (χ4v) is 7.31. The van der Waals surface area contributed by atoms with Crippen LogP contribution in [0.25, 0.3) is 0 Å². The van der Waals surface area contributed by atoms with E-state index < -0.39 is 0 Å². The molecule has 0 N–H and O–H groups in total. The molecule has 0 aromatic rings. The first kappa shape index (κ1) is 17.0. The van der Waals surface area contributed by atoms with Crippen molar-refractivity contribution in [2.75, 3.05) is 13.9 Å². The molecule has 24 heavy (non-hydrogen) atoms. The first-order valence-electron chi connectivity index (χ1n) is 10.1. The Balaban J connectivity index is 1.51. The summed E-state index contributed by atoms with van der Waals surface area (Å²) in [5.74, 6) is 3.67. The first-order valence-corrected chi connectivity index (χ1v) is 10.1. The van der Waals surface area contributed by atoms with Crippen molar-refractivity contribution in [2.45, 2.75) is 77.7 Å². The fourth-order valence-electron chi connectivity index (χ4n) is 7.31. The van der Waals surface area contributed by atoms with Gasteiger partial charge in [-0.1, -0.05) is 13.8 Å². The van der Waals surface area contributed by atoms with E-state index in [4.69, 9.17) is 9.47 Å². The zero-order chi connectivity index (χ0) is 16.9. The maximum absolute atomic E-state index is 12.5. The second-order valence-electron chi connectivity index (χ2n) is 9.54. The third-order valence-electron chi connectivity index (χ3n) is 8.75. The number of hydrogen-bond acceptors (Lipinski definition) is 3. The van der Waals surface area contributed by atoms with Crippen LogP contribution in [0.2, 0.25) is 0 Å². The zero-order valence-corrected chi connectivity index (χ0v) is 15.7. The van der Waals surface area contributed by atoms with Crippen molar-refractivity contribution in [1.29, 1.82) is 0 Å². The van der Waals surface area contributed by atoms with Crippen molar-refractivity contribution >= 4 is 5.78 Å². The normalized spacial score (nSPS) is 51.0. The molecule has 7 atom stereocenters. The summed E-state index contributed by atoms with van der Waals surface area (Å²) in [5, 5.41) is 0. The molecule has 3 heteroatoms. The Morgan fingerprint density at radius 2 is 1.88 bits per heavy atom. The van der Waals surface area contributed by atoms with Crippen molar-refractivity contribution in [3.8, 4) is 0 Å². The molecule has 0 amide bonds. The molecule has 1 unspecified atom stereocenters. The van der Waals surface area contributed by atoms with E-state index in [9.17, 15) is 4.79 Å². The van der Waals surface area contributed by atoms with E-state index >= 15 is 0 Å². The number of methoxy groups -OCH3 is 1. The summed E-state index contributed by atoms with van der Waals surface area (Å²) < 4.78 is 11.0. The predicted octanol–water partition coefficient (Wildman–Crippen LogP) is 4.59. The van der Waals surface area contributed by atoms with Gasteiger partial charge < -0.3 is 9.47 Å². The van der Waals surface area contributed by atoms with Gasteiger partial charge >= 0.3 is 0 Å². The highest BCUT2D eigenvalue weighted by Crippen LogP contribution is 2.65. The average Bonchev–Trinajstić information content (AvgIpc) is 2.88. The molecular weight excluding hydrogens is 300 g/mol. The first-order chi connectivity index (χ1) is 11.5. The maximum Gasteiger partial charge on any atom is 0.146 e. The van der Waals surface area contributed by atoms with Crippen molar-refractivity contribution in [3.63, 3.8) is 0 Å². The van der Waals surface area contributed by atoms with Crippen LogP contribution in [0.3, 0.4) is 0 Å². The molecule has 0 heterocycles. The topological polar surface area (TPSA) is 35.5 Å². The monoisotopic (exact) mass is 334 g/mol. The number of Topliss-reactive ketones (excluding diaryl/α,β-unsaturated/α-hetero) is 1. The van der Waals surface area contributed by atoms with Crippen LogP contribution in [-0.2, 0) is 14.3 Å². The molecule has 0 aromatic carbocycles. The summed E-state index contributed by atoms with van der Waals surface area (Å²) in [6.07, 6.45) is 11.2. The zero-order valence-electron chi connectivity index (χ0n) is 15.7. The second kappa shape index (κ2) is 6.09. The number of ether oxygens (including phenoxy) is 2. The molecule has 4 rings (SSSR count). The van der Waals surface area contributed by atoms with Crippen LogP contribution in [0.4, 0.5) is 0 Å². The van der Waals surface area contributed by atoms with E-state index in [0.29, 0.717) is 30.0 Å². The van der Waals surface area contributed by atoms with Crippen LogP contribution >= 0.6 is 0 Å². The fraction of sp³-hybridized carbons (Fsp3) is 0.952. The highest BCUT2D eigenvalue weighted by atomic mass is 16.7. The Morgan fingerprint density at radius 3 is 2.67 bits per heavy atom. The smallest absolute Gasteiger partial charge is 0.146 e. The van der Waals surface area contributed by atoms with Crippen LogP contribution < -0.4 is 0 Å². The third-order valence-corrected chi connectivity index (χ3v) is 8.75. The predicted molar refractivity (Wildman–Crippen MR) is 93.5 cm³/mol. The van der Waals surface area contributed by atoms with Crippen LogP contribution in [0.5, 0.6) is 0 Å². The summed E-state index contributed by atoms with van der Waals surface area (Å²) in [7, 11) is 1.71. The quantitative estimate of drug-likeness (QED) is 0.708. The lowest BCUT2D eigenvalue weighted by Crippen LogP contribution is -2.54. The minimum Gasteiger partial charge on any atom is -0.359 e. The Morgan fingerprint density at radius 1 is 1.04 bits per heavy atom. The number of hydrogen-bond donors (Lipinski definition) is 0. The van der Waals surface area contributed by atoms with E-state index in [-0.39, 0.29) is 5.41 Å². The number of rotatable bonds is 3. The van der Waals surface area contributed by atoms with Crippen LogP contribution in [0.15, 0.2) is 0 Å². The van der Waals surface area contributed by atoms with Gasteiger partial charge in [0.05, 0.1) is 6.10 Å². The van der Waals surface area contributed by atoms with Gasteiger partial charge in [0.2, 0.25) is 0 Å². The maximum atomic E-state index is 12.5. The van der Waals surface area contributed by atoms with Gasteiger partial charge in [0, 0.05) is 18.9 Å². The van der Waals surface area contributed by atoms with Crippen molar-refractivity contribution in [3.05, 3.63) is 0 Å². The molecule has 0 spiro atoms. The molecule has 4 saturated carbocycles. The lowest BCUT2D eigenvalue weighted by molar-refractivity contribution is -0.154. The number of carbonyl (C=O) groups excluding carboxylic acids is 1. The molecule has 0 bridgehead atoms. The average molecular weight is 335 g/mol. The second-order valence-corrected chi connectivity index (χ2v) is 9.54. The van der Waals surface area contributed by atoms with Gasteiger partial charge in [-0.25, -0.2) is 0 Å². The van der Waals surface area contributed by atoms with Gasteiger partial charge in [-0.2, -0.15) is 0 Å². The molecule has 4 fully saturated rings. The molecule has 0 aliphatic heterocycles. The Hall–Kier alpha value is -0.410. The Bertz CT molecular complexity index is 503. The summed E-state index contributed by atoms with van der Waals surface area (Å²) in [5.41, 5.74) is 0.492. The lowest BCUT2D eigenvalue weighted by Gasteiger charge is -2.60. The van der Waals surface area contributed by atoms with Crippen molar-refractivity contribution < 1.29 is 14.3 Å². The highest BCUT2D eigenvalue weighted by Gasteiger charge is 2.60. The van der Waals surface area contributed by atoms with Crippen LogP contribution in [-0.4, -0.2) is 25.8 Å². The molecule has 0 aromatic heterocycles. The van der Waals surface area contributed by atoms with E-state index in [1.807, 2.05) is 0 Å². The van der Waals surface area contributed by atoms with E-state index in [2.05, 4.69) is 13.8 Å². The van der Waals surface area contributed by atoms with E-state index in [1.165, 1.54) is 38.5 Å². The van der Waals surface area contributed by atoms with Crippen LogP contribution in [0.1, 0.15) is 71.6 Å².